The fourth-order valence-electron chi connectivity index (χ4n) is 5.77. The molecule has 2 aromatic rings. The molecule has 1 aliphatic rings. The third-order valence-electron chi connectivity index (χ3n) is 8.44. The zero-order chi connectivity index (χ0) is 58.3. The van der Waals surface area contributed by atoms with E-state index < -0.39 is 173 Å². The highest BCUT2D eigenvalue weighted by Crippen LogP contribution is 2.49. The molecular formula is C25H34O43S8. The number of benzene rings is 2. The molecule has 2 aromatic carbocycles. The number of hydrogen-bond donors (Lipinski definition) is 10. The highest BCUT2D eigenvalue weighted by molar-refractivity contribution is 7.82. The summed E-state index contributed by atoms with van der Waals surface area (Å²) in [5.41, 5.74) is -2.60. The molecule has 440 valence electrons. The molecule has 3 rings (SSSR count). The van der Waals surface area contributed by atoms with E-state index in [2.05, 4.69) is 73.8 Å². The molecule has 76 heavy (non-hydrogen) atoms. The monoisotopic (exact) mass is 1280 g/mol. The fourth-order valence-corrected chi connectivity index (χ4v) is 7.28. The first-order chi connectivity index (χ1) is 34.2. The maximum absolute atomic E-state index is 11.6. The van der Waals surface area contributed by atoms with Crippen molar-refractivity contribution in [2.24, 2.45) is 0 Å². The van der Waals surface area contributed by atoms with Gasteiger partial charge in [-0.05, 0) is 23.3 Å². The zero-order valence-corrected chi connectivity index (χ0v) is 42.7. The van der Waals surface area contributed by atoms with Crippen LogP contribution in [0.2, 0.25) is 0 Å². The maximum Gasteiger partial charge on any atom is 0.424 e. The summed E-state index contributed by atoms with van der Waals surface area (Å²) in [7, 11) is -46.3. The highest BCUT2D eigenvalue weighted by Gasteiger charge is 2.47. The van der Waals surface area contributed by atoms with E-state index in [0.29, 0.717) is 0 Å². The number of ether oxygens (including phenoxy) is 1. The van der Waals surface area contributed by atoms with Crippen LogP contribution in [0.3, 0.4) is 0 Å². The molecule has 1 aliphatic heterocycles. The van der Waals surface area contributed by atoms with Crippen LogP contribution in [0, 0.1) is 0 Å². The Morgan fingerprint density at radius 1 is 0.395 bits per heavy atom. The Morgan fingerprint density at radius 2 is 0.645 bits per heavy atom. The van der Waals surface area contributed by atoms with Gasteiger partial charge in [0.25, 0.3) is 0 Å². The molecule has 0 aromatic heterocycles. The van der Waals surface area contributed by atoms with Crippen molar-refractivity contribution in [2.75, 3.05) is 13.2 Å². The molecule has 1 heterocycles. The van der Waals surface area contributed by atoms with E-state index in [9.17, 15) is 95.8 Å². The molecule has 2 unspecified atom stereocenters. The summed E-state index contributed by atoms with van der Waals surface area (Å²) < 4.78 is 290. The Balaban J connectivity index is 2.26. The molecule has 0 aliphatic carbocycles. The summed E-state index contributed by atoms with van der Waals surface area (Å²) in [6.45, 7) is -0.698. The van der Waals surface area contributed by atoms with Crippen molar-refractivity contribution in [1.82, 2.24) is 0 Å². The van der Waals surface area contributed by atoms with Crippen molar-refractivity contribution in [3.63, 3.8) is 0 Å². The van der Waals surface area contributed by atoms with Gasteiger partial charge in [-0.15, -0.1) is 0 Å². The molecule has 0 fully saturated rings. The van der Waals surface area contributed by atoms with Gasteiger partial charge in [0.2, 0.25) is 0 Å². The van der Waals surface area contributed by atoms with E-state index in [1.807, 2.05) is 0 Å². The molecular weight excluding hydrogens is 1240 g/mol. The van der Waals surface area contributed by atoms with Gasteiger partial charge >= 0.3 is 83.2 Å². The summed E-state index contributed by atoms with van der Waals surface area (Å²) in [6.07, 6.45) is -23.3. The van der Waals surface area contributed by atoms with Gasteiger partial charge in [-0.2, -0.15) is 67.3 Å². The van der Waals surface area contributed by atoms with Gasteiger partial charge in [0, 0.05) is 16.5 Å². The van der Waals surface area contributed by atoms with Crippen molar-refractivity contribution in [1.29, 1.82) is 0 Å². The van der Waals surface area contributed by atoms with Crippen LogP contribution in [-0.2, 0) is 162 Å². The van der Waals surface area contributed by atoms with Crippen LogP contribution in [0.4, 0.5) is 0 Å². The molecule has 0 bridgehead atoms. The molecule has 51 heteroatoms. The third kappa shape index (κ3) is 23.6. The van der Waals surface area contributed by atoms with Crippen molar-refractivity contribution in [3.05, 3.63) is 58.7 Å². The van der Waals surface area contributed by atoms with Crippen LogP contribution in [0.5, 0.6) is 11.5 Å². The molecule has 43 nitrogen and oxygen atoms in total. The van der Waals surface area contributed by atoms with Crippen molar-refractivity contribution >= 4 is 83.2 Å². The van der Waals surface area contributed by atoms with Crippen molar-refractivity contribution in [3.8, 4) is 11.5 Å². The smallest absolute Gasteiger partial charge is 0.424 e. The minimum atomic E-state index is -5.88. The van der Waals surface area contributed by atoms with Gasteiger partial charge < -0.3 is 14.9 Å². The highest BCUT2D eigenvalue weighted by atomic mass is 32.3. The molecule has 10 N–H and O–H groups in total. The Kier molecular flexibility index (Phi) is 22.9. The normalized spacial score (nSPS) is 18.0. The Hall–Kier alpha value is -3.20. The van der Waals surface area contributed by atoms with Crippen molar-refractivity contribution in [2.45, 2.75) is 68.1 Å². The van der Waals surface area contributed by atoms with Gasteiger partial charge in [-0.25, -0.2) is 39.1 Å². The van der Waals surface area contributed by atoms with Crippen LogP contribution >= 0.6 is 0 Å². The number of aliphatic hydroxyl groups excluding tert-OH is 2. The van der Waals surface area contributed by atoms with Crippen LogP contribution in [0.15, 0.2) is 36.4 Å². The fraction of sp³-hybridized carbons (Fsp3) is 0.520. The lowest BCUT2D eigenvalue weighted by molar-refractivity contribution is -0.390. The molecule has 8 atom stereocenters. The van der Waals surface area contributed by atoms with E-state index in [-0.39, 0.29) is 11.1 Å². The van der Waals surface area contributed by atoms with E-state index >= 15 is 0 Å². The largest absolute Gasteiger partial charge is 0.457 e. The summed E-state index contributed by atoms with van der Waals surface area (Å²) in [5.74, 6) is -0.905. The summed E-state index contributed by atoms with van der Waals surface area (Å²) >= 11 is 0. The first-order valence-electron chi connectivity index (χ1n) is 18.1. The predicted octanol–water partition coefficient (Wildman–Crippen LogP) is -3.60. The van der Waals surface area contributed by atoms with Crippen LogP contribution in [0.1, 0.15) is 48.3 Å². The maximum atomic E-state index is 11.6. The minimum absolute atomic E-state index is 0.0847. The first-order valence-corrected chi connectivity index (χ1v) is 29.0. The number of rotatable bonds is 34. The van der Waals surface area contributed by atoms with E-state index in [1.165, 1.54) is 13.8 Å². The van der Waals surface area contributed by atoms with Gasteiger partial charge in [-0.3, -0.25) is 36.4 Å². The van der Waals surface area contributed by atoms with Crippen molar-refractivity contribution < 1.29 is 192 Å². The minimum Gasteiger partial charge on any atom is -0.457 e. The standard InChI is InChI=1S/C25H34O43S8/c1-25(2)13-5-3-11(19(26)23(59-67-75(46,47)48)21(57-65-73(40,41)42)17(55-63-71(34,35)36)9-52-61-69(28,29)30)7-15(13)54-16-8-12(4-6-14(16)25)20(27)24(60-68-76(49,50)51)22(58-66-74(43,44)45)18(56-64-72(37,38)39)10-53-62-70(31,32)33/h3-8,17-24,26-27H,9-10H2,1-2H3,(H,28,29,30)(H,31,32,33)(H,34,35,36)(H,37,38,39)(H,40,41,42)(H,43,44,45)(H,46,47,48)(H,49,50,51)/t17-,18-,19?,20?,21-,22-,23-,24-/m1/s1. The summed E-state index contributed by atoms with van der Waals surface area (Å²) in [6, 6.07) is 5.64. The molecule has 0 radical (unpaired) electrons. The van der Waals surface area contributed by atoms with E-state index in [1.54, 1.807) is 0 Å². The molecule has 0 spiro atoms. The Bertz CT molecular complexity index is 3030. The summed E-state index contributed by atoms with van der Waals surface area (Å²) in [4.78, 5) is 34.6. The second-order valence-corrected chi connectivity index (χ2v) is 22.1. The number of hydrogen-bond acceptors (Lipinski definition) is 35. The van der Waals surface area contributed by atoms with Crippen LogP contribution in [-0.4, -0.2) is 164 Å². The molecule has 0 saturated carbocycles. The third-order valence-corrected chi connectivity index (χ3v) is 10.5. The number of fused-ring (bicyclic) bond motifs is 2. The first kappa shape index (κ1) is 67.1. The quantitative estimate of drug-likeness (QED) is 0.0184. The lowest BCUT2D eigenvalue weighted by Crippen LogP contribution is -2.48. The van der Waals surface area contributed by atoms with Gasteiger partial charge in [0.15, 0.2) is 36.6 Å². The van der Waals surface area contributed by atoms with Gasteiger partial charge in [0.05, 0.1) is 0 Å². The molecule has 0 amide bonds. The SMILES string of the molecule is CC1(C)c2ccc(C(O)[C@@H](OOS(=O)(=O)O)[C@H](OOS(=O)(=O)O)[C@@H](COOS(=O)(=O)O)OOS(=O)(=O)O)cc2Oc2cc(C(O)[C@@H](OOS(=O)(=O)O)[C@H](OOS(=O)(=O)O)[C@@H](COOS(=O)(=O)O)OOS(=O)(=O)O)ccc21. The van der Waals surface area contributed by atoms with E-state index in [0.717, 1.165) is 36.4 Å². The van der Waals surface area contributed by atoms with Gasteiger partial charge in [0.1, 0.15) is 36.9 Å². The van der Waals surface area contributed by atoms with Gasteiger partial charge in [-0.1, -0.05) is 72.8 Å². The zero-order valence-electron chi connectivity index (χ0n) is 36.2. The predicted molar refractivity (Wildman–Crippen MR) is 217 cm³/mol. The lowest BCUT2D eigenvalue weighted by atomic mass is 9.75. The molecule has 0 saturated heterocycles. The second-order valence-electron chi connectivity index (χ2n) is 14.2. The number of aliphatic hydroxyl groups is 2. The average Bonchev–Trinajstić information content (AvgIpc) is 3.22. The topological polar surface area (TPSA) is 632 Å². The average molecular weight is 1280 g/mol. The van der Waals surface area contributed by atoms with E-state index in [4.69, 9.17) is 22.9 Å². The summed E-state index contributed by atoms with van der Waals surface area (Å²) in [5, 5.41) is 23.2. The Labute approximate surface area is 425 Å². The van der Waals surface area contributed by atoms with Crippen LogP contribution < -0.4 is 4.74 Å². The lowest BCUT2D eigenvalue weighted by Gasteiger charge is -2.36. The second kappa shape index (κ2) is 25.9. The van der Waals surface area contributed by atoms with Crippen LogP contribution in [0.25, 0.3) is 0 Å². The Morgan fingerprint density at radius 3 is 0.908 bits per heavy atom.